The lowest BCUT2D eigenvalue weighted by Gasteiger charge is -2.17. The van der Waals surface area contributed by atoms with Crippen LogP contribution in [0.2, 0.25) is 0 Å². The summed E-state index contributed by atoms with van der Waals surface area (Å²) in [6.07, 6.45) is 11.8. The number of unbranched alkanes of at least 4 members (excludes halogenated alkanes) is 3. The van der Waals surface area contributed by atoms with Crippen molar-refractivity contribution in [2.45, 2.75) is 63.7 Å². The van der Waals surface area contributed by atoms with E-state index in [9.17, 15) is 9.90 Å². The van der Waals surface area contributed by atoms with Crippen molar-refractivity contribution in [2.24, 2.45) is 0 Å². The first-order valence-corrected chi connectivity index (χ1v) is 10.5. The monoisotopic (exact) mass is 398 g/mol. The van der Waals surface area contributed by atoms with Crippen LogP contribution in [-0.2, 0) is 17.6 Å². The number of nitrogens with zero attached hydrogens (tertiary/aromatic N) is 3. The molecule has 0 radical (unpaired) electrons. The second-order valence-corrected chi connectivity index (χ2v) is 7.59. The standard InChI is InChI=1S/C22H30N4O3/c1-29-22-24-14-18(15-25-22)17(13-20(27)28)7-4-2-3-5-9-19-11-10-16-8-6-12-23-21(16)26-19/h10-11,14-15,17H,2-9,12-13H2,1H3,(H,23,26)(H,27,28)/t17-/m1/s1. The number of carboxylic acid groups (broad SMARTS) is 1. The van der Waals surface area contributed by atoms with Crippen molar-refractivity contribution in [1.82, 2.24) is 15.0 Å². The zero-order valence-corrected chi connectivity index (χ0v) is 17.1. The Labute approximate surface area is 172 Å². The van der Waals surface area contributed by atoms with Crippen molar-refractivity contribution >= 4 is 11.8 Å². The van der Waals surface area contributed by atoms with Crippen LogP contribution in [-0.4, -0.2) is 39.7 Å². The van der Waals surface area contributed by atoms with Gasteiger partial charge in [0.1, 0.15) is 5.82 Å². The number of carbonyl (C=O) groups is 1. The number of fused-ring (bicyclic) bond motifs is 1. The summed E-state index contributed by atoms with van der Waals surface area (Å²) in [5.74, 6) is 0.205. The minimum Gasteiger partial charge on any atom is -0.481 e. The van der Waals surface area contributed by atoms with E-state index < -0.39 is 5.97 Å². The molecule has 7 nitrogen and oxygen atoms in total. The van der Waals surface area contributed by atoms with Gasteiger partial charge in [0.25, 0.3) is 0 Å². The minimum atomic E-state index is -0.794. The summed E-state index contributed by atoms with van der Waals surface area (Å²) in [4.78, 5) is 24.2. The van der Waals surface area contributed by atoms with E-state index in [0.717, 1.165) is 68.6 Å². The number of anilines is 1. The van der Waals surface area contributed by atoms with Gasteiger partial charge in [-0.15, -0.1) is 0 Å². The molecule has 3 heterocycles. The smallest absolute Gasteiger partial charge is 0.316 e. The molecule has 0 amide bonds. The number of aryl methyl sites for hydroxylation is 2. The Kier molecular flexibility index (Phi) is 7.78. The number of aliphatic carboxylic acids is 1. The maximum Gasteiger partial charge on any atom is 0.316 e. The molecule has 0 spiro atoms. The Morgan fingerprint density at radius 2 is 2.00 bits per heavy atom. The van der Waals surface area contributed by atoms with E-state index in [4.69, 9.17) is 9.72 Å². The largest absolute Gasteiger partial charge is 0.481 e. The van der Waals surface area contributed by atoms with Crippen LogP contribution in [0.15, 0.2) is 24.5 Å². The minimum absolute atomic E-state index is 0.0632. The second-order valence-electron chi connectivity index (χ2n) is 7.59. The highest BCUT2D eigenvalue weighted by Crippen LogP contribution is 2.26. The lowest BCUT2D eigenvalue weighted by Crippen LogP contribution is -2.13. The van der Waals surface area contributed by atoms with Gasteiger partial charge in [-0.1, -0.05) is 25.3 Å². The molecular weight excluding hydrogens is 368 g/mol. The molecule has 1 aliphatic rings. The molecule has 7 heteroatoms. The summed E-state index contributed by atoms with van der Waals surface area (Å²) < 4.78 is 4.97. The molecule has 3 rings (SSSR count). The Hall–Kier alpha value is -2.70. The van der Waals surface area contributed by atoms with Gasteiger partial charge in [0.2, 0.25) is 0 Å². The summed E-state index contributed by atoms with van der Waals surface area (Å²) in [5.41, 5.74) is 3.34. The summed E-state index contributed by atoms with van der Waals surface area (Å²) in [6, 6.07) is 4.66. The molecule has 2 N–H and O–H groups in total. The zero-order chi connectivity index (χ0) is 20.5. The van der Waals surface area contributed by atoms with Crippen molar-refractivity contribution < 1.29 is 14.6 Å². The maximum absolute atomic E-state index is 11.2. The lowest BCUT2D eigenvalue weighted by atomic mass is 9.92. The Morgan fingerprint density at radius 3 is 2.76 bits per heavy atom. The van der Waals surface area contributed by atoms with Crippen LogP contribution in [0.3, 0.4) is 0 Å². The van der Waals surface area contributed by atoms with Crippen LogP contribution < -0.4 is 10.1 Å². The number of aromatic nitrogens is 3. The van der Waals surface area contributed by atoms with Gasteiger partial charge >= 0.3 is 12.0 Å². The normalized spacial score (nSPS) is 14.0. The number of methoxy groups -OCH3 is 1. The molecule has 2 aromatic heterocycles. The van der Waals surface area contributed by atoms with Gasteiger partial charge in [-0.3, -0.25) is 4.79 Å². The number of nitrogens with one attached hydrogen (secondary N) is 1. The van der Waals surface area contributed by atoms with Gasteiger partial charge in [0, 0.05) is 24.6 Å². The first-order valence-electron chi connectivity index (χ1n) is 10.5. The molecule has 0 saturated carbocycles. The molecule has 0 aliphatic carbocycles. The third kappa shape index (κ3) is 6.41. The zero-order valence-electron chi connectivity index (χ0n) is 17.1. The van der Waals surface area contributed by atoms with Crippen LogP contribution in [0.1, 0.15) is 67.7 Å². The third-order valence-corrected chi connectivity index (χ3v) is 5.41. The molecule has 0 aromatic carbocycles. The number of hydrogen-bond acceptors (Lipinski definition) is 6. The first kappa shape index (κ1) is 21.0. The second kappa shape index (κ2) is 10.7. The summed E-state index contributed by atoms with van der Waals surface area (Å²) in [5, 5.41) is 12.6. The van der Waals surface area contributed by atoms with Gasteiger partial charge in [-0.25, -0.2) is 15.0 Å². The predicted octanol–water partition coefficient (Wildman–Crippen LogP) is 3.99. The van der Waals surface area contributed by atoms with E-state index >= 15 is 0 Å². The molecular formula is C22H30N4O3. The van der Waals surface area contributed by atoms with Crippen molar-refractivity contribution in [3.8, 4) is 6.01 Å². The van der Waals surface area contributed by atoms with Crippen LogP contribution in [0.4, 0.5) is 5.82 Å². The average Bonchev–Trinajstić information content (AvgIpc) is 2.75. The molecule has 156 valence electrons. The predicted molar refractivity (Wildman–Crippen MR) is 111 cm³/mol. The molecule has 2 aromatic rings. The number of hydrogen-bond donors (Lipinski definition) is 2. The molecule has 29 heavy (non-hydrogen) atoms. The quantitative estimate of drug-likeness (QED) is 0.552. The van der Waals surface area contributed by atoms with Crippen LogP contribution in [0, 0.1) is 0 Å². The van der Waals surface area contributed by atoms with E-state index in [1.807, 2.05) is 0 Å². The van der Waals surface area contributed by atoms with E-state index in [1.165, 1.54) is 19.1 Å². The number of pyridine rings is 1. The van der Waals surface area contributed by atoms with Crippen LogP contribution >= 0.6 is 0 Å². The maximum atomic E-state index is 11.2. The average molecular weight is 399 g/mol. The van der Waals surface area contributed by atoms with E-state index in [0.29, 0.717) is 6.01 Å². The van der Waals surface area contributed by atoms with Gasteiger partial charge in [-0.05, 0) is 55.2 Å². The fourth-order valence-electron chi connectivity index (χ4n) is 3.80. The summed E-state index contributed by atoms with van der Waals surface area (Å²) in [6.45, 7) is 1.01. The van der Waals surface area contributed by atoms with E-state index in [1.54, 1.807) is 12.4 Å². The van der Waals surface area contributed by atoms with Gasteiger partial charge in [-0.2, -0.15) is 0 Å². The van der Waals surface area contributed by atoms with Crippen LogP contribution in [0.25, 0.3) is 0 Å². The topological polar surface area (TPSA) is 97.2 Å². The van der Waals surface area contributed by atoms with Crippen molar-refractivity contribution in [3.05, 3.63) is 41.3 Å². The number of rotatable bonds is 11. The summed E-state index contributed by atoms with van der Waals surface area (Å²) in [7, 11) is 1.51. The number of carboxylic acids is 1. The Balaban J connectivity index is 1.41. The third-order valence-electron chi connectivity index (χ3n) is 5.41. The van der Waals surface area contributed by atoms with Crippen molar-refractivity contribution in [1.29, 1.82) is 0 Å². The molecule has 1 atom stereocenters. The van der Waals surface area contributed by atoms with Crippen molar-refractivity contribution in [2.75, 3.05) is 19.0 Å². The highest BCUT2D eigenvalue weighted by molar-refractivity contribution is 5.68. The highest BCUT2D eigenvalue weighted by Gasteiger charge is 2.16. The molecule has 0 saturated heterocycles. The van der Waals surface area contributed by atoms with E-state index in [2.05, 4.69) is 27.4 Å². The molecule has 0 unspecified atom stereocenters. The fourth-order valence-corrected chi connectivity index (χ4v) is 3.80. The van der Waals surface area contributed by atoms with Gasteiger partial charge < -0.3 is 15.2 Å². The van der Waals surface area contributed by atoms with Crippen molar-refractivity contribution in [3.63, 3.8) is 0 Å². The first-order chi connectivity index (χ1) is 14.2. The Bertz CT molecular complexity index is 795. The van der Waals surface area contributed by atoms with Gasteiger partial charge in [0.05, 0.1) is 13.5 Å². The fraction of sp³-hybridized carbons (Fsp3) is 0.545. The van der Waals surface area contributed by atoms with E-state index in [-0.39, 0.29) is 12.3 Å². The highest BCUT2D eigenvalue weighted by atomic mass is 16.5. The van der Waals surface area contributed by atoms with Gasteiger partial charge in [0.15, 0.2) is 0 Å². The number of ether oxygens (including phenoxy) is 1. The van der Waals surface area contributed by atoms with Crippen LogP contribution in [0.5, 0.6) is 6.01 Å². The summed E-state index contributed by atoms with van der Waals surface area (Å²) >= 11 is 0. The molecule has 1 aliphatic heterocycles. The lowest BCUT2D eigenvalue weighted by molar-refractivity contribution is -0.137. The Morgan fingerprint density at radius 1 is 1.21 bits per heavy atom. The molecule has 0 fully saturated rings. The molecule has 0 bridgehead atoms. The SMILES string of the molecule is COc1ncc([C@H](CCCCCCc2ccc3c(n2)NCCC3)CC(=O)O)cn1.